The number of carbonyl (C=O) groups excluding carboxylic acids is 1. The number of aryl methyl sites for hydroxylation is 1. The fraction of sp³-hybridized carbons (Fsp3) is 0.133. The summed E-state index contributed by atoms with van der Waals surface area (Å²) < 4.78 is 0. The molecule has 5 heteroatoms. The average molecular weight is 266 g/mol. The van der Waals surface area contributed by atoms with Gasteiger partial charge in [0, 0.05) is 11.1 Å². The van der Waals surface area contributed by atoms with Crippen LogP contribution in [0.2, 0.25) is 0 Å². The van der Waals surface area contributed by atoms with Gasteiger partial charge >= 0.3 is 0 Å². The Hall–Kier alpha value is -2.71. The van der Waals surface area contributed by atoms with E-state index >= 15 is 0 Å². The summed E-state index contributed by atoms with van der Waals surface area (Å²) in [4.78, 5) is 19.8. The predicted molar refractivity (Wildman–Crippen MR) is 77.1 cm³/mol. The first-order valence-corrected chi connectivity index (χ1v) is 6.06. The monoisotopic (exact) mass is 266 g/mol. The summed E-state index contributed by atoms with van der Waals surface area (Å²) in [5.41, 5.74) is 8.16. The van der Waals surface area contributed by atoms with Crippen LogP contribution in [0.15, 0.2) is 36.9 Å². The third kappa shape index (κ3) is 3.64. The van der Waals surface area contributed by atoms with Crippen molar-refractivity contribution in [2.75, 3.05) is 11.9 Å². The Morgan fingerprint density at radius 1 is 1.30 bits per heavy atom. The van der Waals surface area contributed by atoms with Crippen LogP contribution in [-0.4, -0.2) is 22.4 Å². The Kier molecular flexibility index (Phi) is 4.43. The average Bonchev–Trinajstić information content (AvgIpc) is 2.45. The quantitative estimate of drug-likeness (QED) is 0.804. The van der Waals surface area contributed by atoms with Crippen LogP contribution < -0.4 is 11.1 Å². The highest BCUT2D eigenvalue weighted by atomic mass is 16.1. The van der Waals surface area contributed by atoms with Crippen LogP contribution >= 0.6 is 0 Å². The molecule has 0 saturated heterocycles. The minimum absolute atomic E-state index is 0.223. The Labute approximate surface area is 117 Å². The fourth-order valence-electron chi connectivity index (χ4n) is 1.71. The van der Waals surface area contributed by atoms with Gasteiger partial charge in [0.2, 0.25) is 0 Å². The van der Waals surface area contributed by atoms with Gasteiger partial charge in [0.1, 0.15) is 6.33 Å². The van der Waals surface area contributed by atoms with Crippen LogP contribution in [0.4, 0.5) is 5.69 Å². The zero-order chi connectivity index (χ0) is 14.4. The highest BCUT2D eigenvalue weighted by Crippen LogP contribution is 2.11. The molecule has 0 aliphatic rings. The summed E-state index contributed by atoms with van der Waals surface area (Å²) in [6.07, 6.45) is 4.48. The molecule has 0 unspecified atom stereocenters. The number of amides is 1. The number of hydrogen-bond acceptors (Lipinski definition) is 4. The standard InChI is InChI=1S/C15H14N4O/c1-11-5-12(3-2-4-16)7-13(6-11)15(20)19-14-8-17-10-18-9-14/h5-10H,4,16H2,1H3,(H,19,20). The van der Waals surface area contributed by atoms with E-state index in [1.54, 1.807) is 12.1 Å². The third-order valence-electron chi connectivity index (χ3n) is 2.49. The van der Waals surface area contributed by atoms with Crippen LogP contribution in [0.25, 0.3) is 0 Å². The molecule has 0 aliphatic heterocycles. The summed E-state index contributed by atoms with van der Waals surface area (Å²) in [5, 5.41) is 2.73. The molecule has 100 valence electrons. The van der Waals surface area contributed by atoms with Crippen molar-refractivity contribution in [2.24, 2.45) is 5.73 Å². The molecule has 3 N–H and O–H groups in total. The number of benzene rings is 1. The third-order valence-corrected chi connectivity index (χ3v) is 2.49. The van der Waals surface area contributed by atoms with Crippen molar-refractivity contribution in [2.45, 2.75) is 6.92 Å². The van der Waals surface area contributed by atoms with Crippen molar-refractivity contribution in [3.05, 3.63) is 53.6 Å². The van der Waals surface area contributed by atoms with Crippen molar-refractivity contribution < 1.29 is 4.79 Å². The number of nitrogens with one attached hydrogen (secondary N) is 1. The highest BCUT2D eigenvalue weighted by Gasteiger charge is 2.07. The molecule has 5 nitrogen and oxygen atoms in total. The molecule has 0 spiro atoms. The lowest BCUT2D eigenvalue weighted by Gasteiger charge is -2.06. The normalized spacial score (nSPS) is 9.50. The minimum atomic E-state index is -0.223. The first-order valence-electron chi connectivity index (χ1n) is 6.06. The van der Waals surface area contributed by atoms with E-state index in [-0.39, 0.29) is 12.5 Å². The smallest absolute Gasteiger partial charge is 0.255 e. The largest absolute Gasteiger partial charge is 0.320 e. The molecular weight excluding hydrogens is 252 g/mol. The van der Waals surface area contributed by atoms with Crippen LogP contribution in [0.1, 0.15) is 21.5 Å². The Balaban J connectivity index is 2.23. The van der Waals surface area contributed by atoms with E-state index in [1.807, 2.05) is 13.0 Å². The Bertz CT molecular complexity index is 671. The molecule has 20 heavy (non-hydrogen) atoms. The van der Waals surface area contributed by atoms with E-state index < -0.39 is 0 Å². The SMILES string of the molecule is Cc1cc(C#CCN)cc(C(=O)Nc2cncnc2)c1. The number of aromatic nitrogens is 2. The number of hydrogen-bond donors (Lipinski definition) is 2. The molecular formula is C15H14N4O. The fourth-order valence-corrected chi connectivity index (χ4v) is 1.71. The highest BCUT2D eigenvalue weighted by molar-refractivity contribution is 6.04. The van der Waals surface area contributed by atoms with E-state index in [0.717, 1.165) is 11.1 Å². The van der Waals surface area contributed by atoms with Crippen LogP contribution in [0.3, 0.4) is 0 Å². The van der Waals surface area contributed by atoms with E-state index in [0.29, 0.717) is 11.3 Å². The van der Waals surface area contributed by atoms with Gasteiger partial charge in [-0.05, 0) is 30.7 Å². The predicted octanol–water partition coefficient (Wildman–Crippen LogP) is 1.35. The number of nitrogens with zero attached hydrogens (tertiary/aromatic N) is 2. The Morgan fingerprint density at radius 3 is 2.75 bits per heavy atom. The topological polar surface area (TPSA) is 80.9 Å². The minimum Gasteiger partial charge on any atom is -0.320 e. The molecule has 0 bridgehead atoms. The Morgan fingerprint density at radius 2 is 2.05 bits per heavy atom. The second kappa shape index (κ2) is 6.45. The van der Waals surface area contributed by atoms with Gasteiger partial charge in [-0.1, -0.05) is 11.8 Å². The molecule has 2 rings (SSSR count). The molecule has 0 saturated carbocycles. The molecule has 1 amide bonds. The molecule has 0 atom stereocenters. The zero-order valence-corrected chi connectivity index (χ0v) is 11.1. The first-order chi connectivity index (χ1) is 9.69. The van der Waals surface area contributed by atoms with E-state index in [9.17, 15) is 4.79 Å². The van der Waals surface area contributed by atoms with E-state index in [1.165, 1.54) is 18.7 Å². The lowest BCUT2D eigenvalue weighted by Crippen LogP contribution is -2.12. The number of carbonyl (C=O) groups is 1. The molecule has 1 aromatic heterocycles. The number of rotatable bonds is 2. The zero-order valence-electron chi connectivity index (χ0n) is 11.1. The second-order valence-electron chi connectivity index (χ2n) is 4.17. The van der Waals surface area contributed by atoms with Crippen molar-refractivity contribution in [3.8, 4) is 11.8 Å². The van der Waals surface area contributed by atoms with E-state index in [2.05, 4.69) is 27.1 Å². The van der Waals surface area contributed by atoms with Gasteiger partial charge in [-0.3, -0.25) is 4.79 Å². The number of anilines is 1. The maximum absolute atomic E-state index is 12.2. The van der Waals surface area contributed by atoms with Crippen LogP contribution in [-0.2, 0) is 0 Å². The lowest BCUT2D eigenvalue weighted by atomic mass is 10.1. The summed E-state index contributed by atoms with van der Waals surface area (Å²) in [7, 11) is 0. The van der Waals surface area contributed by atoms with Gasteiger partial charge in [-0.25, -0.2) is 9.97 Å². The molecule has 1 aromatic carbocycles. The molecule has 1 heterocycles. The van der Waals surface area contributed by atoms with Crippen molar-refractivity contribution in [3.63, 3.8) is 0 Å². The van der Waals surface area contributed by atoms with Gasteiger partial charge in [0.25, 0.3) is 5.91 Å². The van der Waals surface area contributed by atoms with Gasteiger partial charge in [0.05, 0.1) is 24.6 Å². The van der Waals surface area contributed by atoms with Crippen molar-refractivity contribution in [1.29, 1.82) is 0 Å². The van der Waals surface area contributed by atoms with Gasteiger partial charge in [-0.15, -0.1) is 0 Å². The van der Waals surface area contributed by atoms with Gasteiger partial charge in [-0.2, -0.15) is 0 Å². The van der Waals surface area contributed by atoms with Crippen LogP contribution in [0.5, 0.6) is 0 Å². The summed E-state index contributed by atoms with van der Waals surface area (Å²) in [6.45, 7) is 2.20. The van der Waals surface area contributed by atoms with Crippen LogP contribution in [0, 0.1) is 18.8 Å². The molecule has 0 radical (unpaired) electrons. The summed E-state index contributed by atoms with van der Waals surface area (Å²) >= 11 is 0. The van der Waals surface area contributed by atoms with Crippen molar-refractivity contribution in [1.82, 2.24) is 9.97 Å². The summed E-state index contributed by atoms with van der Waals surface area (Å²) in [6, 6.07) is 5.44. The second-order valence-corrected chi connectivity index (χ2v) is 4.17. The molecule has 0 aliphatic carbocycles. The maximum atomic E-state index is 12.2. The van der Waals surface area contributed by atoms with Crippen molar-refractivity contribution >= 4 is 11.6 Å². The molecule has 2 aromatic rings. The summed E-state index contributed by atoms with van der Waals surface area (Å²) in [5.74, 6) is 5.48. The maximum Gasteiger partial charge on any atom is 0.255 e. The van der Waals surface area contributed by atoms with E-state index in [4.69, 9.17) is 5.73 Å². The lowest BCUT2D eigenvalue weighted by molar-refractivity contribution is 0.102. The number of nitrogens with two attached hydrogens (primary N) is 1. The molecule has 0 fully saturated rings. The van der Waals surface area contributed by atoms with Gasteiger partial charge < -0.3 is 11.1 Å². The first kappa shape index (κ1) is 13.7. The van der Waals surface area contributed by atoms with Gasteiger partial charge in [0.15, 0.2) is 0 Å².